The summed E-state index contributed by atoms with van der Waals surface area (Å²) in [6.45, 7) is 9.50. The molecule has 2 unspecified atom stereocenters. The Labute approximate surface area is 176 Å². The fraction of sp³-hybridized carbons (Fsp3) is 0.667. The third kappa shape index (κ3) is 6.94. The fourth-order valence-electron chi connectivity index (χ4n) is 4.23. The van der Waals surface area contributed by atoms with E-state index in [0.717, 1.165) is 39.1 Å². The van der Waals surface area contributed by atoms with Gasteiger partial charge in [0.2, 0.25) is 5.91 Å². The van der Waals surface area contributed by atoms with E-state index in [9.17, 15) is 4.79 Å². The van der Waals surface area contributed by atoms with Crippen LogP contribution in [0.2, 0.25) is 0 Å². The van der Waals surface area contributed by atoms with Gasteiger partial charge in [0.05, 0.1) is 0 Å². The lowest BCUT2D eigenvalue weighted by atomic mass is 9.84. The number of benzene rings is 1. The molecule has 0 aliphatic carbocycles. The molecule has 4 nitrogen and oxygen atoms in total. The minimum atomic E-state index is 0. The molecule has 27 heavy (non-hydrogen) atoms. The number of carbonyl (C=O) groups is 1. The second kappa shape index (κ2) is 11.9. The molecule has 1 aromatic carbocycles. The van der Waals surface area contributed by atoms with Crippen molar-refractivity contribution in [3.05, 3.63) is 35.4 Å². The van der Waals surface area contributed by atoms with E-state index in [1.54, 1.807) is 0 Å². The summed E-state index contributed by atoms with van der Waals surface area (Å²) in [7, 11) is 0. The topological polar surface area (TPSA) is 44.4 Å². The van der Waals surface area contributed by atoms with E-state index in [1.165, 1.54) is 24.0 Å². The van der Waals surface area contributed by atoms with Crippen LogP contribution >= 0.6 is 24.8 Å². The van der Waals surface area contributed by atoms with Crippen molar-refractivity contribution in [1.82, 2.24) is 15.5 Å². The Bertz CT molecular complexity index is 578. The predicted molar refractivity (Wildman–Crippen MR) is 117 cm³/mol. The number of hydrogen-bond donors (Lipinski definition) is 2. The van der Waals surface area contributed by atoms with Crippen LogP contribution in [0, 0.1) is 11.8 Å². The first-order valence-electron chi connectivity index (χ1n) is 9.91. The number of fused-ring (bicyclic) bond motifs is 1. The highest BCUT2D eigenvalue weighted by atomic mass is 35.5. The number of amides is 1. The summed E-state index contributed by atoms with van der Waals surface area (Å²) in [5.74, 6) is 1.40. The van der Waals surface area contributed by atoms with E-state index in [4.69, 9.17) is 0 Å². The van der Waals surface area contributed by atoms with Gasteiger partial charge in [-0.3, -0.25) is 9.69 Å². The number of nitrogens with one attached hydrogen (secondary N) is 2. The van der Waals surface area contributed by atoms with E-state index in [1.807, 2.05) is 0 Å². The highest BCUT2D eigenvalue weighted by Gasteiger charge is 2.23. The third-order valence-electron chi connectivity index (χ3n) is 6.07. The molecule has 2 N–H and O–H groups in total. The second-order valence-electron chi connectivity index (χ2n) is 7.91. The molecule has 1 saturated heterocycles. The van der Waals surface area contributed by atoms with Gasteiger partial charge in [-0.2, -0.15) is 0 Å². The molecular formula is C21H35Cl2N3O. The number of halogens is 2. The Morgan fingerprint density at radius 1 is 1.19 bits per heavy atom. The van der Waals surface area contributed by atoms with Gasteiger partial charge in [0, 0.05) is 32.1 Å². The van der Waals surface area contributed by atoms with Crippen LogP contribution in [-0.4, -0.2) is 43.0 Å². The second-order valence-corrected chi connectivity index (χ2v) is 7.91. The van der Waals surface area contributed by atoms with Crippen molar-refractivity contribution >= 4 is 30.7 Å². The van der Waals surface area contributed by atoms with Crippen LogP contribution in [0.15, 0.2) is 24.3 Å². The Morgan fingerprint density at radius 3 is 2.56 bits per heavy atom. The summed E-state index contributed by atoms with van der Waals surface area (Å²) in [5.41, 5.74) is 2.91. The van der Waals surface area contributed by atoms with Crippen molar-refractivity contribution in [1.29, 1.82) is 0 Å². The van der Waals surface area contributed by atoms with E-state index in [-0.39, 0.29) is 30.7 Å². The van der Waals surface area contributed by atoms with Gasteiger partial charge < -0.3 is 10.6 Å². The SMILES string of the molecule is CC(CC(=O)NCC(C)N1CCc2ccccc2C1)C1CCNCC1.Cl.Cl. The standard InChI is InChI=1S/C21H33N3O.2ClH/c1-16(18-7-10-22-11-8-18)13-21(25)23-14-17(2)24-12-9-19-5-3-4-6-20(19)15-24;;/h3-6,16-18,22H,7-15H2,1-2H3,(H,23,25);2*1H. The van der Waals surface area contributed by atoms with Gasteiger partial charge in [-0.25, -0.2) is 0 Å². The van der Waals surface area contributed by atoms with Crippen molar-refractivity contribution in [3.63, 3.8) is 0 Å². The first-order chi connectivity index (χ1) is 12.1. The molecule has 0 aromatic heterocycles. The van der Waals surface area contributed by atoms with Crippen LogP contribution in [-0.2, 0) is 17.8 Å². The first-order valence-corrected chi connectivity index (χ1v) is 9.91. The van der Waals surface area contributed by atoms with Crippen LogP contribution in [0.25, 0.3) is 0 Å². The number of hydrogen-bond acceptors (Lipinski definition) is 3. The summed E-state index contributed by atoms with van der Waals surface area (Å²) < 4.78 is 0. The molecule has 154 valence electrons. The normalized spacial score (nSPS) is 19.8. The molecule has 0 radical (unpaired) electrons. The van der Waals surface area contributed by atoms with E-state index in [0.29, 0.717) is 24.3 Å². The van der Waals surface area contributed by atoms with Crippen molar-refractivity contribution in [2.45, 2.75) is 52.1 Å². The highest BCUT2D eigenvalue weighted by molar-refractivity contribution is 5.85. The Balaban J connectivity index is 0.00000182. The van der Waals surface area contributed by atoms with Gasteiger partial charge in [0.1, 0.15) is 0 Å². The van der Waals surface area contributed by atoms with Crippen molar-refractivity contribution < 1.29 is 4.79 Å². The largest absolute Gasteiger partial charge is 0.355 e. The molecule has 1 aromatic rings. The van der Waals surface area contributed by atoms with Crippen LogP contribution < -0.4 is 10.6 Å². The van der Waals surface area contributed by atoms with Gasteiger partial charge >= 0.3 is 0 Å². The smallest absolute Gasteiger partial charge is 0.220 e. The minimum absolute atomic E-state index is 0. The van der Waals surface area contributed by atoms with Crippen molar-refractivity contribution in [3.8, 4) is 0 Å². The van der Waals surface area contributed by atoms with Gasteiger partial charge in [-0.1, -0.05) is 31.2 Å². The summed E-state index contributed by atoms with van der Waals surface area (Å²) in [5, 5.41) is 6.58. The number of piperidine rings is 1. The molecule has 0 bridgehead atoms. The average molecular weight is 416 g/mol. The summed E-state index contributed by atoms with van der Waals surface area (Å²) in [6, 6.07) is 9.10. The quantitative estimate of drug-likeness (QED) is 0.747. The lowest BCUT2D eigenvalue weighted by Gasteiger charge is -2.34. The van der Waals surface area contributed by atoms with E-state index < -0.39 is 0 Å². The summed E-state index contributed by atoms with van der Waals surface area (Å²) in [4.78, 5) is 14.8. The Kier molecular flexibility index (Phi) is 10.7. The monoisotopic (exact) mass is 415 g/mol. The number of carbonyl (C=O) groups excluding carboxylic acids is 1. The molecule has 6 heteroatoms. The molecule has 2 aliphatic heterocycles. The molecule has 0 spiro atoms. The maximum absolute atomic E-state index is 12.3. The van der Waals surface area contributed by atoms with Gasteiger partial charge in [-0.15, -0.1) is 24.8 Å². The Morgan fingerprint density at radius 2 is 1.85 bits per heavy atom. The zero-order valence-electron chi connectivity index (χ0n) is 16.6. The van der Waals surface area contributed by atoms with Gasteiger partial charge in [-0.05, 0) is 62.2 Å². The molecule has 1 fully saturated rings. The predicted octanol–water partition coefficient (Wildman–Crippen LogP) is 3.42. The fourth-order valence-corrected chi connectivity index (χ4v) is 4.23. The lowest BCUT2D eigenvalue weighted by Crippen LogP contribution is -2.44. The van der Waals surface area contributed by atoms with Crippen LogP contribution in [0.3, 0.4) is 0 Å². The van der Waals surface area contributed by atoms with Crippen LogP contribution in [0.4, 0.5) is 0 Å². The van der Waals surface area contributed by atoms with E-state index in [2.05, 4.69) is 53.6 Å². The maximum atomic E-state index is 12.3. The Hall–Kier alpha value is -0.810. The third-order valence-corrected chi connectivity index (χ3v) is 6.07. The highest BCUT2D eigenvalue weighted by Crippen LogP contribution is 2.24. The van der Waals surface area contributed by atoms with Crippen LogP contribution in [0.1, 0.15) is 44.2 Å². The zero-order chi connectivity index (χ0) is 17.6. The van der Waals surface area contributed by atoms with E-state index >= 15 is 0 Å². The summed E-state index contributed by atoms with van der Waals surface area (Å²) >= 11 is 0. The van der Waals surface area contributed by atoms with Crippen molar-refractivity contribution in [2.75, 3.05) is 26.2 Å². The first kappa shape index (κ1) is 24.2. The lowest BCUT2D eigenvalue weighted by molar-refractivity contribution is -0.122. The maximum Gasteiger partial charge on any atom is 0.220 e. The molecule has 1 amide bonds. The molecule has 0 saturated carbocycles. The van der Waals surface area contributed by atoms with Crippen LogP contribution in [0.5, 0.6) is 0 Å². The molecule has 2 aliphatic rings. The average Bonchev–Trinajstić information content (AvgIpc) is 2.66. The number of rotatable bonds is 6. The molecule has 2 atom stereocenters. The van der Waals surface area contributed by atoms with Crippen molar-refractivity contribution in [2.24, 2.45) is 11.8 Å². The molecular weight excluding hydrogens is 381 g/mol. The number of nitrogens with zero attached hydrogens (tertiary/aromatic N) is 1. The molecule has 3 rings (SSSR count). The molecule has 2 heterocycles. The zero-order valence-corrected chi connectivity index (χ0v) is 18.2. The van der Waals surface area contributed by atoms with Gasteiger partial charge in [0.25, 0.3) is 0 Å². The van der Waals surface area contributed by atoms with Gasteiger partial charge in [0.15, 0.2) is 0 Å². The summed E-state index contributed by atoms with van der Waals surface area (Å²) in [6.07, 6.45) is 4.19. The minimum Gasteiger partial charge on any atom is -0.355 e.